The number of carbonyl (C=O) groups excluding carboxylic acids is 1. The molecule has 0 spiro atoms. The van der Waals surface area contributed by atoms with Gasteiger partial charge in [0.05, 0.1) is 11.1 Å². The Balaban J connectivity index is 2.19. The minimum Gasteiger partial charge on any atom is -0.463 e. The molecule has 0 aromatic carbocycles. The second-order valence-corrected chi connectivity index (χ2v) is 5.64. The molecule has 0 saturated carbocycles. The van der Waals surface area contributed by atoms with E-state index in [0.29, 0.717) is 25.5 Å². The lowest BCUT2D eigenvalue weighted by Gasteiger charge is -2.19. The topological polar surface area (TPSA) is 61.3 Å². The lowest BCUT2D eigenvalue weighted by molar-refractivity contribution is -0.155. The molecule has 18 heavy (non-hydrogen) atoms. The molecule has 1 heterocycles. The molecule has 0 bridgehead atoms. The monoisotopic (exact) mass is 316 g/mol. The van der Waals surface area contributed by atoms with Crippen molar-refractivity contribution < 1.29 is 14.3 Å². The Morgan fingerprint density at radius 3 is 2.50 bits per heavy atom. The summed E-state index contributed by atoms with van der Waals surface area (Å²) in [6, 6.07) is 0.308. The van der Waals surface area contributed by atoms with Gasteiger partial charge in [-0.05, 0) is 43.1 Å². The van der Waals surface area contributed by atoms with Crippen molar-refractivity contribution in [3.63, 3.8) is 0 Å². The minimum absolute atomic E-state index is 0.220. The Morgan fingerprint density at radius 2 is 1.94 bits per heavy atom. The molecule has 0 N–H and O–H groups in total. The number of hydrogen-bond acceptors (Lipinski definition) is 5. The highest BCUT2D eigenvalue weighted by atomic mass is 79.9. The zero-order valence-corrected chi connectivity index (χ0v) is 12.4. The molecule has 0 fully saturated rings. The number of esters is 1. The molecule has 0 amide bonds. The first-order valence-corrected chi connectivity index (χ1v) is 6.48. The first-order chi connectivity index (χ1) is 8.37. The standard InChI is InChI=1S/C12H17BrN2O3/c1-12(2,3)18-10(16)5-4-6-17-11-14-7-9(13)8-15-11/h7-8H,4-6H2,1-3H3. The van der Waals surface area contributed by atoms with E-state index in [1.807, 2.05) is 20.8 Å². The molecule has 0 aliphatic heterocycles. The van der Waals surface area contributed by atoms with Crippen molar-refractivity contribution in [2.45, 2.75) is 39.2 Å². The molecule has 0 aliphatic rings. The highest BCUT2D eigenvalue weighted by molar-refractivity contribution is 9.10. The van der Waals surface area contributed by atoms with Crippen molar-refractivity contribution in [1.82, 2.24) is 9.97 Å². The van der Waals surface area contributed by atoms with E-state index in [1.54, 1.807) is 12.4 Å². The van der Waals surface area contributed by atoms with E-state index in [0.717, 1.165) is 4.47 Å². The van der Waals surface area contributed by atoms with Crippen LogP contribution in [0.5, 0.6) is 6.01 Å². The molecule has 1 aromatic rings. The van der Waals surface area contributed by atoms with Crippen molar-refractivity contribution in [2.75, 3.05) is 6.61 Å². The van der Waals surface area contributed by atoms with Crippen LogP contribution in [0.25, 0.3) is 0 Å². The fourth-order valence-electron chi connectivity index (χ4n) is 1.15. The Morgan fingerprint density at radius 1 is 1.33 bits per heavy atom. The smallest absolute Gasteiger partial charge is 0.316 e. The van der Waals surface area contributed by atoms with Gasteiger partial charge in [0.25, 0.3) is 0 Å². The van der Waals surface area contributed by atoms with Crippen molar-refractivity contribution in [2.24, 2.45) is 0 Å². The van der Waals surface area contributed by atoms with E-state index in [-0.39, 0.29) is 5.97 Å². The summed E-state index contributed by atoms with van der Waals surface area (Å²) in [6.45, 7) is 5.92. The Kier molecular flexibility index (Phi) is 5.53. The van der Waals surface area contributed by atoms with Gasteiger partial charge in [0, 0.05) is 18.8 Å². The van der Waals surface area contributed by atoms with Gasteiger partial charge in [-0.3, -0.25) is 4.79 Å². The Bertz CT molecular complexity index is 387. The van der Waals surface area contributed by atoms with Gasteiger partial charge in [-0.1, -0.05) is 0 Å². The van der Waals surface area contributed by atoms with E-state index in [2.05, 4.69) is 25.9 Å². The molecule has 0 atom stereocenters. The van der Waals surface area contributed by atoms with Gasteiger partial charge in [0.2, 0.25) is 0 Å². The summed E-state index contributed by atoms with van der Waals surface area (Å²) in [7, 11) is 0. The van der Waals surface area contributed by atoms with Crippen LogP contribution in [0.3, 0.4) is 0 Å². The van der Waals surface area contributed by atoms with Crippen LogP contribution in [-0.4, -0.2) is 28.1 Å². The minimum atomic E-state index is -0.438. The van der Waals surface area contributed by atoms with E-state index < -0.39 is 5.60 Å². The van der Waals surface area contributed by atoms with Crippen molar-refractivity contribution in [3.05, 3.63) is 16.9 Å². The normalized spacial score (nSPS) is 11.1. The molecule has 1 aromatic heterocycles. The average Bonchev–Trinajstić information content (AvgIpc) is 2.24. The highest BCUT2D eigenvalue weighted by Crippen LogP contribution is 2.10. The second kappa shape index (κ2) is 6.68. The summed E-state index contributed by atoms with van der Waals surface area (Å²) >= 11 is 3.23. The SMILES string of the molecule is CC(C)(C)OC(=O)CCCOc1ncc(Br)cn1. The fraction of sp³-hybridized carbons (Fsp3) is 0.583. The van der Waals surface area contributed by atoms with Crippen molar-refractivity contribution in [1.29, 1.82) is 0 Å². The van der Waals surface area contributed by atoms with Crippen LogP contribution in [0.1, 0.15) is 33.6 Å². The molecule has 0 unspecified atom stereocenters. The third-order valence-electron chi connectivity index (χ3n) is 1.77. The number of nitrogens with zero attached hydrogens (tertiary/aromatic N) is 2. The van der Waals surface area contributed by atoms with Gasteiger partial charge in [0.15, 0.2) is 0 Å². The Labute approximate surface area is 115 Å². The Hall–Kier alpha value is -1.17. The number of carbonyl (C=O) groups is 1. The van der Waals surface area contributed by atoms with Crippen LogP contribution in [0.2, 0.25) is 0 Å². The summed E-state index contributed by atoms with van der Waals surface area (Å²) in [5, 5.41) is 0. The number of halogens is 1. The maximum absolute atomic E-state index is 11.4. The molecule has 1 rings (SSSR count). The van der Waals surface area contributed by atoms with Crippen molar-refractivity contribution >= 4 is 21.9 Å². The number of hydrogen-bond donors (Lipinski definition) is 0. The van der Waals surface area contributed by atoms with Gasteiger partial charge in [-0.25, -0.2) is 9.97 Å². The fourth-order valence-corrected chi connectivity index (χ4v) is 1.35. The maximum atomic E-state index is 11.4. The van der Waals surface area contributed by atoms with Crippen LogP contribution < -0.4 is 4.74 Å². The zero-order valence-electron chi connectivity index (χ0n) is 10.8. The van der Waals surface area contributed by atoms with Crippen LogP contribution in [0.4, 0.5) is 0 Å². The maximum Gasteiger partial charge on any atom is 0.316 e. The van der Waals surface area contributed by atoms with E-state index >= 15 is 0 Å². The van der Waals surface area contributed by atoms with E-state index in [9.17, 15) is 4.79 Å². The molecule has 5 nitrogen and oxygen atoms in total. The lowest BCUT2D eigenvalue weighted by atomic mass is 10.2. The van der Waals surface area contributed by atoms with E-state index in [1.165, 1.54) is 0 Å². The van der Waals surface area contributed by atoms with Gasteiger partial charge >= 0.3 is 12.0 Å². The first kappa shape index (κ1) is 14.9. The molecular weight excluding hydrogens is 300 g/mol. The predicted molar refractivity (Wildman–Crippen MR) is 70.3 cm³/mol. The third kappa shape index (κ3) is 6.54. The zero-order chi connectivity index (χ0) is 13.6. The molecular formula is C12H17BrN2O3. The first-order valence-electron chi connectivity index (χ1n) is 5.69. The number of ether oxygens (including phenoxy) is 2. The summed E-state index contributed by atoms with van der Waals surface area (Å²) in [4.78, 5) is 19.3. The van der Waals surface area contributed by atoms with Gasteiger partial charge < -0.3 is 9.47 Å². The van der Waals surface area contributed by atoms with Crippen LogP contribution >= 0.6 is 15.9 Å². The lowest BCUT2D eigenvalue weighted by Crippen LogP contribution is -2.24. The molecule has 0 aliphatic carbocycles. The van der Waals surface area contributed by atoms with Gasteiger partial charge in [-0.2, -0.15) is 0 Å². The summed E-state index contributed by atoms with van der Waals surface area (Å²) in [6.07, 6.45) is 4.12. The largest absolute Gasteiger partial charge is 0.463 e. The van der Waals surface area contributed by atoms with E-state index in [4.69, 9.17) is 9.47 Å². The van der Waals surface area contributed by atoms with Gasteiger partial charge in [0.1, 0.15) is 5.60 Å². The van der Waals surface area contributed by atoms with Crippen LogP contribution in [0.15, 0.2) is 16.9 Å². The summed E-state index contributed by atoms with van der Waals surface area (Å²) in [5.41, 5.74) is -0.438. The quantitative estimate of drug-likeness (QED) is 0.617. The third-order valence-corrected chi connectivity index (χ3v) is 2.18. The van der Waals surface area contributed by atoms with Crippen LogP contribution in [-0.2, 0) is 9.53 Å². The highest BCUT2D eigenvalue weighted by Gasteiger charge is 2.15. The number of rotatable bonds is 5. The second-order valence-electron chi connectivity index (χ2n) is 4.72. The predicted octanol–water partition coefficient (Wildman–Crippen LogP) is 2.74. The summed E-state index contributed by atoms with van der Waals surface area (Å²) in [5.74, 6) is -0.220. The van der Waals surface area contributed by atoms with Crippen LogP contribution in [0, 0.1) is 0 Å². The molecule has 0 radical (unpaired) electrons. The van der Waals surface area contributed by atoms with Gasteiger partial charge in [-0.15, -0.1) is 0 Å². The molecule has 100 valence electrons. The summed E-state index contributed by atoms with van der Waals surface area (Å²) < 4.78 is 11.3. The van der Waals surface area contributed by atoms with Crippen molar-refractivity contribution in [3.8, 4) is 6.01 Å². The number of aromatic nitrogens is 2. The average molecular weight is 317 g/mol. The molecule has 6 heteroatoms. The molecule has 0 saturated heterocycles.